The van der Waals surface area contributed by atoms with Gasteiger partial charge < -0.3 is 4.74 Å². The van der Waals surface area contributed by atoms with E-state index in [-0.39, 0.29) is 6.10 Å². The monoisotopic (exact) mass is 292 g/mol. The van der Waals surface area contributed by atoms with Crippen LogP contribution < -0.4 is 4.74 Å². The smallest absolute Gasteiger partial charge is 0.119 e. The number of halogens is 1. The summed E-state index contributed by atoms with van der Waals surface area (Å²) >= 11 is 3.31. The van der Waals surface area contributed by atoms with Crippen molar-refractivity contribution in [2.75, 3.05) is 0 Å². The predicted octanol–water partition coefficient (Wildman–Crippen LogP) is 4.92. The Morgan fingerprint density at radius 1 is 0.824 bits per heavy atom. The second-order valence-electron chi connectivity index (χ2n) is 3.78. The van der Waals surface area contributed by atoms with E-state index in [1.54, 1.807) is 0 Å². The fourth-order valence-electron chi connectivity index (χ4n) is 1.19. The maximum atomic E-state index is 5.41. The van der Waals surface area contributed by atoms with Crippen LogP contribution in [-0.2, 0) is 0 Å². The molecule has 0 fully saturated rings. The molecule has 0 spiro atoms. The van der Waals surface area contributed by atoms with E-state index in [4.69, 9.17) is 4.74 Å². The molecule has 0 aliphatic rings. The van der Waals surface area contributed by atoms with Crippen LogP contribution in [0, 0.1) is 0 Å². The lowest BCUT2D eigenvalue weighted by molar-refractivity contribution is 0.242. The van der Waals surface area contributed by atoms with Crippen molar-refractivity contribution in [1.29, 1.82) is 0 Å². The predicted molar refractivity (Wildman–Crippen MR) is 76.3 cm³/mol. The van der Waals surface area contributed by atoms with Crippen LogP contribution in [0.5, 0.6) is 5.75 Å². The van der Waals surface area contributed by atoms with Crippen LogP contribution in [-0.4, -0.2) is 6.10 Å². The van der Waals surface area contributed by atoms with Gasteiger partial charge in [0, 0.05) is 4.47 Å². The molecular weight excluding hydrogens is 276 g/mol. The van der Waals surface area contributed by atoms with E-state index in [0.29, 0.717) is 0 Å². The highest BCUT2D eigenvalue weighted by Gasteiger charge is 1.92. The molecule has 0 aromatic heterocycles. The highest BCUT2D eigenvalue weighted by molar-refractivity contribution is 9.10. The Bertz CT molecular complexity index is 398. The first-order valence-corrected chi connectivity index (χ1v) is 6.40. The number of benzene rings is 2. The van der Waals surface area contributed by atoms with Crippen LogP contribution in [0.1, 0.15) is 13.8 Å². The molecule has 0 unspecified atom stereocenters. The zero-order chi connectivity index (χ0) is 12.5. The van der Waals surface area contributed by atoms with Crippen LogP contribution in [0.2, 0.25) is 0 Å². The van der Waals surface area contributed by atoms with Gasteiger partial charge in [0.05, 0.1) is 6.10 Å². The van der Waals surface area contributed by atoms with Crippen LogP contribution >= 0.6 is 15.9 Å². The van der Waals surface area contributed by atoms with Gasteiger partial charge >= 0.3 is 0 Å². The summed E-state index contributed by atoms with van der Waals surface area (Å²) in [6, 6.07) is 19.8. The maximum absolute atomic E-state index is 5.41. The Labute approximate surface area is 112 Å². The first kappa shape index (κ1) is 13.8. The number of para-hydroxylation sites is 1. The highest BCUT2D eigenvalue weighted by Crippen LogP contribution is 2.09. The fraction of sp³-hybridized carbons (Fsp3) is 0.200. The van der Waals surface area contributed by atoms with Crippen molar-refractivity contribution in [3.63, 3.8) is 0 Å². The largest absolute Gasteiger partial charge is 0.491 e. The summed E-state index contributed by atoms with van der Waals surface area (Å²) in [5, 5.41) is 0. The van der Waals surface area contributed by atoms with Crippen LogP contribution in [0.15, 0.2) is 65.1 Å². The Morgan fingerprint density at radius 2 is 1.29 bits per heavy atom. The van der Waals surface area contributed by atoms with Gasteiger partial charge in [0.25, 0.3) is 0 Å². The first-order chi connectivity index (χ1) is 8.18. The highest BCUT2D eigenvalue weighted by atomic mass is 79.9. The molecule has 0 aliphatic carbocycles. The zero-order valence-corrected chi connectivity index (χ0v) is 11.7. The molecule has 90 valence electrons. The van der Waals surface area contributed by atoms with Crippen molar-refractivity contribution in [2.45, 2.75) is 20.0 Å². The molecule has 0 aliphatic heterocycles. The van der Waals surface area contributed by atoms with Gasteiger partial charge in [-0.3, -0.25) is 0 Å². The maximum Gasteiger partial charge on any atom is 0.119 e. The Balaban J connectivity index is 0.000000181. The lowest BCUT2D eigenvalue weighted by atomic mass is 10.3. The molecule has 0 heterocycles. The summed E-state index contributed by atoms with van der Waals surface area (Å²) in [6.07, 6.45) is 0.266. The van der Waals surface area contributed by atoms with Gasteiger partial charge in [0.1, 0.15) is 5.75 Å². The van der Waals surface area contributed by atoms with E-state index in [1.807, 2.05) is 74.5 Å². The average molecular weight is 293 g/mol. The van der Waals surface area contributed by atoms with Crippen molar-refractivity contribution in [1.82, 2.24) is 0 Å². The molecule has 2 aromatic rings. The van der Waals surface area contributed by atoms with Crippen LogP contribution in [0.3, 0.4) is 0 Å². The zero-order valence-electron chi connectivity index (χ0n) is 10.1. The van der Waals surface area contributed by atoms with E-state index in [0.717, 1.165) is 10.2 Å². The minimum absolute atomic E-state index is 0.266. The summed E-state index contributed by atoms with van der Waals surface area (Å²) in [5.41, 5.74) is 0. The van der Waals surface area contributed by atoms with Crippen molar-refractivity contribution >= 4 is 15.9 Å². The third kappa shape index (κ3) is 6.80. The lowest BCUT2D eigenvalue weighted by Crippen LogP contribution is -2.04. The summed E-state index contributed by atoms with van der Waals surface area (Å²) in [6.45, 7) is 4.04. The third-order valence-corrected chi connectivity index (χ3v) is 2.38. The minimum atomic E-state index is 0.266. The van der Waals surface area contributed by atoms with Gasteiger partial charge in [-0.1, -0.05) is 52.3 Å². The molecule has 2 heteroatoms. The quantitative estimate of drug-likeness (QED) is 0.763. The summed E-state index contributed by atoms with van der Waals surface area (Å²) in [5.74, 6) is 0.942. The van der Waals surface area contributed by atoms with Crippen LogP contribution in [0.25, 0.3) is 0 Å². The second-order valence-corrected chi connectivity index (χ2v) is 4.69. The first-order valence-electron chi connectivity index (χ1n) is 5.60. The standard InChI is InChI=1S/C9H12O.C6H5Br/c1-8(2)10-9-6-4-3-5-7-9;7-6-4-2-1-3-5-6/h3-8H,1-2H3;1-5H. The van der Waals surface area contributed by atoms with E-state index in [1.165, 1.54) is 0 Å². The number of ether oxygens (including phenoxy) is 1. The molecule has 0 amide bonds. The van der Waals surface area contributed by atoms with Gasteiger partial charge in [-0.25, -0.2) is 0 Å². The van der Waals surface area contributed by atoms with E-state index in [9.17, 15) is 0 Å². The summed E-state index contributed by atoms with van der Waals surface area (Å²) in [4.78, 5) is 0. The Kier molecular flexibility index (Phi) is 6.41. The van der Waals surface area contributed by atoms with Gasteiger partial charge in [-0.2, -0.15) is 0 Å². The number of hydrogen-bond donors (Lipinski definition) is 0. The third-order valence-electron chi connectivity index (χ3n) is 1.85. The van der Waals surface area contributed by atoms with Crippen LogP contribution in [0.4, 0.5) is 0 Å². The minimum Gasteiger partial charge on any atom is -0.491 e. The van der Waals surface area contributed by atoms with Crippen molar-refractivity contribution in [3.05, 3.63) is 65.1 Å². The Hall–Kier alpha value is -1.28. The summed E-state index contributed by atoms with van der Waals surface area (Å²) < 4.78 is 6.55. The molecule has 0 radical (unpaired) electrons. The van der Waals surface area contributed by atoms with E-state index < -0.39 is 0 Å². The van der Waals surface area contributed by atoms with Crippen molar-refractivity contribution < 1.29 is 4.74 Å². The molecule has 1 nitrogen and oxygen atoms in total. The fourth-order valence-corrected chi connectivity index (χ4v) is 1.49. The molecule has 0 N–H and O–H groups in total. The SMILES string of the molecule is Brc1ccccc1.CC(C)Oc1ccccc1. The number of hydrogen-bond acceptors (Lipinski definition) is 1. The topological polar surface area (TPSA) is 9.23 Å². The number of rotatable bonds is 2. The molecule has 0 saturated heterocycles. The molecule has 0 atom stereocenters. The molecular formula is C15H17BrO. The molecule has 2 aromatic carbocycles. The molecule has 0 saturated carbocycles. The van der Waals surface area contributed by atoms with Crippen molar-refractivity contribution in [2.24, 2.45) is 0 Å². The molecule has 0 bridgehead atoms. The van der Waals surface area contributed by atoms with Gasteiger partial charge in [-0.05, 0) is 38.1 Å². The second kappa shape index (κ2) is 7.91. The average Bonchev–Trinajstić information content (AvgIpc) is 2.31. The molecule has 17 heavy (non-hydrogen) atoms. The van der Waals surface area contributed by atoms with Gasteiger partial charge in [0.15, 0.2) is 0 Å². The normalized spacial score (nSPS) is 9.41. The van der Waals surface area contributed by atoms with E-state index >= 15 is 0 Å². The van der Waals surface area contributed by atoms with Gasteiger partial charge in [0.2, 0.25) is 0 Å². The van der Waals surface area contributed by atoms with Crippen molar-refractivity contribution in [3.8, 4) is 5.75 Å². The Morgan fingerprint density at radius 3 is 1.65 bits per heavy atom. The van der Waals surface area contributed by atoms with E-state index in [2.05, 4.69) is 15.9 Å². The summed E-state index contributed by atoms with van der Waals surface area (Å²) in [7, 11) is 0. The van der Waals surface area contributed by atoms with Gasteiger partial charge in [-0.15, -0.1) is 0 Å². The lowest BCUT2D eigenvalue weighted by Gasteiger charge is -2.07. The molecule has 2 rings (SSSR count).